The standard InChI is InChI=1S/C52H48N3O.Pt/c1-32(2)45-31-42(21-22-43(45)37-13-10-9-11-14-37)55-48-16-12-15-44(49(48)54-51(55)46-26-34(4)25-35(5)50(46)56)39-27-40(29-41(28-39)52(6,7)8)47-30-38(23-24-53-47)36-19-17-33(3)18-20-36;/h9-26,28-32,56H,1-8H3;/q-1;/i3D3,32D;. The van der Waals surface area contributed by atoms with Gasteiger partial charge in [0, 0.05) is 44.1 Å². The molecule has 5 heteroatoms. The first kappa shape index (κ1) is 34.7. The van der Waals surface area contributed by atoms with Gasteiger partial charge in [-0.2, -0.15) is 0 Å². The molecule has 0 aliphatic carbocycles. The Bertz CT molecular complexity index is 2900. The van der Waals surface area contributed by atoms with Crippen LogP contribution in [0.25, 0.3) is 72.7 Å². The molecule has 57 heavy (non-hydrogen) atoms. The third kappa shape index (κ3) is 7.76. The third-order valence-corrected chi connectivity index (χ3v) is 10.5. The number of aryl methyl sites for hydroxylation is 3. The molecule has 0 saturated carbocycles. The van der Waals surface area contributed by atoms with Crippen LogP contribution in [0.5, 0.6) is 5.75 Å². The predicted molar refractivity (Wildman–Crippen MR) is 234 cm³/mol. The molecule has 0 unspecified atom stereocenters. The summed E-state index contributed by atoms with van der Waals surface area (Å²) in [5, 5.41) is 11.7. The number of hydrogen-bond donors (Lipinski definition) is 1. The van der Waals surface area contributed by atoms with Crippen molar-refractivity contribution in [3.8, 4) is 67.5 Å². The molecule has 0 spiro atoms. The number of aromatic nitrogens is 3. The van der Waals surface area contributed by atoms with Gasteiger partial charge in [-0.3, -0.25) is 9.55 Å². The van der Waals surface area contributed by atoms with Crippen molar-refractivity contribution in [2.75, 3.05) is 0 Å². The molecule has 6 aromatic carbocycles. The van der Waals surface area contributed by atoms with Gasteiger partial charge in [0.25, 0.3) is 0 Å². The summed E-state index contributed by atoms with van der Waals surface area (Å²) in [4.78, 5) is 10.2. The van der Waals surface area contributed by atoms with E-state index in [4.69, 9.17) is 14.1 Å². The summed E-state index contributed by atoms with van der Waals surface area (Å²) in [5.74, 6) is -0.159. The summed E-state index contributed by atoms with van der Waals surface area (Å²) in [6.07, 6.45) is 1.78. The fourth-order valence-corrected chi connectivity index (χ4v) is 7.55. The van der Waals surface area contributed by atoms with Gasteiger partial charge >= 0.3 is 0 Å². The largest absolute Gasteiger partial charge is 0.507 e. The Morgan fingerprint density at radius 1 is 0.719 bits per heavy atom. The molecule has 0 aliphatic heterocycles. The van der Waals surface area contributed by atoms with Crippen molar-refractivity contribution < 1.29 is 31.7 Å². The molecule has 4 nitrogen and oxygen atoms in total. The average Bonchev–Trinajstić information content (AvgIpc) is 3.61. The monoisotopic (exact) mass is 929 g/mol. The second kappa shape index (κ2) is 15.8. The molecule has 0 aliphatic rings. The van der Waals surface area contributed by atoms with E-state index in [0.717, 1.165) is 83.6 Å². The number of imidazole rings is 1. The average molecular weight is 930 g/mol. The maximum absolute atomic E-state index is 11.7. The van der Waals surface area contributed by atoms with E-state index < -0.39 is 12.7 Å². The summed E-state index contributed by atoms with van der Waals surface area (Å²) in [6.45, 7) is 12.1. The van der Waals surface area contributed by atoms with Gasteiger partial charge in [0.15, 0.2) is 0 Å². The van der Waals surface area contributed by atoms with Crippen molar-refractivity contribution >= 4 is 11.0 Å². The maximum atomic E-state index is 11.7. The zero-order valence-electron chi connectivity index (χ0n) is 37.3. The van der Waals surface area contributed by atoms with Crippen LogP contribution in [0, 0.1) is 26.8 Å². The van der Waals surface area contributed by atoms with Crippen molar-refractivity contribution in [1.29, 1.82) is 0 Å². The molecule has 0 saturated heterocycles. The molecule has 8 rings (SSSR count). The second-order valence-corrected chi connectivity index (χ2v) is 16.0. The summed E-state index contributed by atoms with van der Waals surface area (Å²) in [6, 6.07) is 45.5. The first-order valence-electron chi connectivity index (χ1n) is 21.0. The van der Waals surface area contributed by atoms with Gasteiger partial charge in [0.2, 0.25) is 0 Å². The Balaban J connectivity index is 0.00000561. The molecule has 0 fully saturated rings. The molecule has 288 valence electrons. The minimum absolute atomic E-state index is 0. The van der Waals surface area contributed by atoms with Crippen LogP contribution in [0.4, 0.5) is 0 Å². The molecule has 0 radical (unpaired) electrons. The smallest absolute Gasteiger partial charge is 0.148 e. The molecule has 0 amide bonds. The summed E-state index contributed by atoms with van der Waals surface area (Å²) in [7, 11) is 0. The number of fused-ring (bicyclic) bond motifs is 1. The van der Waals surface area contributed by atoms with Gasteiger partial charge in [0.05, 0.1) is 16.6 Å². The van der Waals surface area contributed by atoms with Crippen LogP contribution in [0.3, 0.4) is 0 Å². The topological polar surface area (TPSA) is 50.9 Å². The van der Waals surface area contributed by atoms with Crippen LogP contribution in [0.1, 0.15) is 73.8 Å². The fourth-order valence-electron chi connectivity index (χ4n) is 7.55. The third-order valence-electron chi connectivity index (χ3n) is 10.5. The molecular weight excluding hydrogens is 878 g/mol. The van der Waals surface area contributed by atoms with E-state index in [9.17, 15) is 6.48 Å². The molecule has 0 atom stereocenters. The van der Waals surface area contributed by atoms with Crippen LogP contribution < -0.4 is 0 Å². The predicted octanol–water partition coefficient (Wildman–Crippen LogP) is 13.6. The number of para-hydroxylation sites is 1. The SMILES string of the molecule is [2H]C([2H])([2H])c1ccc(-c2ccnc(-c3[c-]c(-c4cccc5c4nc(-c4cc(C)cc(C)c4O)n5-c4ccc(-c5ccccc5)c(C([2H])(C)C)c4)cc(C(C)(C)C)c3)c2)cc1.[Pt]. The number of hydrogen-bond acceptors (Lipinski definition) is 3. The van der Waals surface area contributed by atoms with Crippen LogP contribution >= 0.6 is 0 Å². The van der Waals surface area contributed by atoms with Crippen molar-refractivity contribution in [3.63, 3.8) is 0 Å². The Hall–Kier alpha value is -5.57. The normalized spacial score (nSPS) is 13.0. The van der Waals surface area contributed by atoms with E-state index in [0.29, 0.717) is 17.0 Å². The van der Waals surface area contributed by atoms with Crippen LogP contribution in [-0.4, -0.2) is 19.6 Å². The molecule has 0 bridgehead atoms. The molecule has 8 aromatic rings. The summed E-state index contributed by atoms with van der Waals surface area (Å²) in [5.41, 5.74) is 14.0. The number of rotatable bonds is 7. The van der Waals surface area contributed by atoms with E-state index in [1.807, 2.05) is 88.4 Å². The van der Waals surface area contributed by atoms with Gasteiger partial charge in [-0.05, 0) is 101 Å². The van der Waals surface area contributed by atoms with Crippen LogP contribution in [-0.2, 0) is 26.5 Å². The van der Waals surface area contributed by atoms with E-state index in [1.165, 1.54) is 0 Å². The number of nitrogens with zero attached hydrogens (tertiary/aromatic N) is 3. The number of benzene rings is 6. The fraction of sp³-hybridized carbons (Fsp3) is 0.192. The summed E-state index contributed by atoms with van der Waals surface area (Å²) < 4.78 is 34.8. The Morgan fingerprint density at radius 3 is 2.19 bits per heavy atom. The first-order valence-corrected chi connectivity index (χ1v) is 19.0. The van der Waals surface area contributed by atoms with Crippen LogP contribution in [0.15, 0.2) is 134 Å². The Kier molecular flexibility index (Phi) is 9.58. The van der Waals surface area contributed by atoms with Gasteiger partial charge < -0.3 is 5.11 Å². The van der Waals surface area contributed by atoms with E-state index >= 15 is 0 Å². The Labute approximate surface area is 357 Å². The minimum Gasteiger partial charge on any atom is -0.507 e. The van der Waals surface area contributed by atoms with Gasteiger partial charge in [-0.1, -0.05) is 136 Å². The van der Waals surface area contributed by atoms with Crippen molar-refractivity contribution in [1.82, 2.24) is 14.5 Å². The number of phenols is 1. The molecular formula is C52H48N3OPt-. The number of aromatic hydroxyl groups is 1. The first-order chi connectivity index (χ1) is 28.4. The number of phenolic OH excluding ortho intramolecular Hbond substituents is 1. The zero-order chi connectivity index (χ0) is 42.7. The molecule has 1 N–H and O–H groups in total. The quantitative estimate of drug-likeness (QED) is 0.162. The second-order valence-electron chi connectivity index (χ2n) is 16.0. The van der Waals surface area contributed by atoms with Crippen LogP contribution in [0.2, 0.25) is 0 Å². The van der Waals surface area contributed by atoms with Crippen molar-refractivity contribution in [3.05, 3.63) is 167 Å². The van der Waals surface area contributed by atoms with Crippen molar-refractivity contribution in [2.45, 2.75) is 66.6 Å². The Morgan fingerprint density at radius 2 is 1.47 bits per heavy atom. The molecule has 2 aromatic heterocycles. The number of pyridine rings is 1. The minimum atomic E-state index is -2.17. The molecule has 2 heterocycles. The summed E-state index contributed by atoms with van der Waals surface area (Å²) >= 11 is 0. The zero-order valence-corrected chi connectivity index (χ0v) is 35.6. The van der Waals surface area contributed by atoms with Gasteiger partial charge in [0.1, 0.15) is 11.6 Å². The van der Waals surface area contributed by atoms with Gasteiger partial charge in [-0.25, -0.2) is 4.98 Å². The van der Waals surface area contributed by atoms with E-state index in [1.54, 1.807) is 18.3 Å². The maximum Gasteiger partial charge on any atom is 0.148 e. The van der Waals surface area contributed by atoms with E-state index in [-0.39, 0.29) is 32.2 Å². The van der Waals surface area contributed by atoms with Crippen molar-refractivity contribution in [2.24, 2.45) is 0 Å². The van der Waals surface area contributed by atoms with E-state index in [2.05, 4.69) is 86.0 Å². The van der Waals surface area contributed by atoms with Gasteiger partial charge in [-0.15, -0.1) is 29.3 Å².